The zero-order valence-corrected chi connectivity index (χ0v) is 15.7. The average Bonchev–Trinajstić information content (AvgIpc) is 2.70. The lowest BCUT2D eigenvalue weighted by atomic mass is 10.2. The lowest BCUT2D eigenvalue weighted by Gasteiger charge is -2.08. The normalized spacial score (nSPS) is 10.3. The van der Waals surface area contributed by atoms with Crippen molar-refractivity contribution in [3.8, 4) is 5.75 Å². The molecule has 0 radical (unpaired) electrons. The van der Waals surface area contributed by atoms with E-state index in [4.69, 9.17) is 16.3 Å². The Bertz CT molecular complexity index is 928. The van der Waals surface area contributed by atoms with E-state index < -0.39 is 0 Å². The lowest BCUT2D eigenvalue weighted by Crippen LogP contribution is -2.15. The number of halogens is 1. The van der Waals surface area contributed by atoms with Crippen LogP contribution in [0.2, 0.25) is 5.02 Å². The molecule has 1 heterocycles. The first-order valence-corrected chi connectivity index (χ1v) is 8.71. The summed E-state index contributed by atoms with van der Waals surface area (Å²) in [7, 11) is 1.63. The molecule has 0 saturated heterocycles. The van der Waals surface area contributed by atoms with Crippen LogP contribution in [-0.2, 0) is 6.54 Å². The zero-order chi connectivity index (χ0) is 19.2. The number of carbonyl (C=O) groups excluding carboxylic acids is 1. The van der Waals surface area contributed by atoms with E-state index in [-0.39, 0.29) is 11.6 Å². The number of nitrogens with one attached hydrogen (secondary N) is 2. The summed E-state index contributed by atoms with van der Waals surface area (Å²) in [5.41, 5.74) is 2.86. The lowest BCUT2D eigenvalue weighted by molar-refractivity contribution is 0.102. The molecule has 0 atom stereocenters. The van der Waals surface area contributed by atoms with Gasteiger partial charge in [-0.05, 0) is 54.4 Å². The highest BCUT2D eigenvalue weighted by Gasteiger charge is 2.09. The molecule has 3 rings (SSSR count). The fourth-order valence-electron chi connectivity index (χ4n) is 2.35. The Morgan fingerprint density at radius 1 is 1.07 bits per heavy atom. The van der Waals surface area contributed by atoms with Crippen LogP contribution < -0.4 is 15.4 Å². The Morgan fingerprint density at radius 2 is 1.85 bits per heavy atom. The van der Waals surface area contributed by atoms with Gasteiger partial charge in [0.2, 0.25) is 0 Å². The van der Waals surface area contributed by atoms with Crippen molar-refractivity contribution < 1.29 is 9.53 Å². The molecule has 2 aromatic carbocycles. The molecule has 6 nitrogen and oxygen atoms in total. The van der Waals surface area contributed by atoms with Crippen molar-refractivity contribution in [1.82, 2.24) is 10.2 Å². The third-order valence-electron chi connectivity index (χ3n) is 3.96. The molecular formula is C20H19ClN4O2. The maximum atomic E-state index is 12.3. The Kier molecular flexibility index (Phi) is 5.88. The molecule has 0 saturated carbocycles. The summed E-state index contributed by atoms with van der Waals surface area (Å²) in [6.45, 7) is 2.49. The molecular weight excluding hydrogens is 364 g/mol. The topological polar surface area (TPSA) is 76.1 Å². The van der Waals surface area contributed by atoms with Gasteiger partial charge < -0.3 is 15.4 Å². The number of amides is 1. The van der Waals surface area contributed by atoms with Crippen LogP contribution in [-0.4, -0.2) is 23.2 Å². The van der Waals surface area contributed by atoms with Crippen LogP contribution in [0.25, 0.3) is 0 Å². The smallest absolute Gasteiger partial charge is 0.276 e. The summed E-state index contributed by atoms with van der Waals surface area (Å²) in [5.74, 6) is 1.05. The third-order valence-corrected chi connectivity index (χ3v) is 4.37. The fraction of sp³-hybridized carbons (Fsp3) is 0.150. The minimum atomic E-state index is -0.343. The third kappa shape index (κ3) is 4.95. The number of hydrogen-bond acceptors (Lipinski definition) is 5. The summed E-state index contributed by atoms with van der Waals surface area (Å²) in [5, 5.41) is 14.5. The van der Waals surface area contributed by atoms with Gasteiger partial charge in [0, 0.05) is 17.3 Å². The Labute approximate surface area is 162 Å². The SMILES string of the molecule is COc1ccc(CNc2ccc(C(=O)Nc3ccc(C)c(Cl)c3)nn2)cc1. The Morgan fingerprint density at radius 3 is 2.48 bits per heavy atom. The number of benzene rings is 2. The van der Waals surface area contributed by atoms with Crippen LogP contribution >= 0.6 is 11.6 Å². The summed E-state index contributed by atoms with van der Waals surface area (Å²) < 4.78 is 5.13. The van der Waals surface area contributed by atoms with Crippen molar-refractivity contribution in [1.29, 1.82) is 0 Å². The molecule has 0 aliphatic heterocycles. The summed E-state index contributed by atoms with van der Waals surface area (Å²) in [6.07, 6.45) is 0. The van der Waals surface area contributed by atoms with Crippen LogP contribution in [0.3, 0.4) is 0 Å². The number of rotatable bonds is 6. The second-order valence-electron chi connectivity index (χ2n) is 5.92. The van der Waals surface area contributed by atoms with Gasteiger partial charge in [0.25, 0.3) is 5.91 Å². The fourth-order valence-corrected chi connectivity index (χ4v) is 2.53. The molecule has 0 spiro atoms. The highest BCUT2D eigenvalue weighted by Crippen LogP contribution is 2.20. The van der Waals surface area contributed by atoms with E-state index in [0.29, 0.717) is 23.1 Å². The predicted octanol–water partition coefficient (Wildman–Crippen LogP) is 4.31. The van der Waals surface area contributed by atoms with E-state index in [1.54, 1.807) is 31.4 Å². The van der Waals surface area contributed by atoms with E-state index >= 15 is 0 Å². The largest absolute Gasteiger partial charge is 0.497 e. The van der Waals surface area contributed by atoms with Gasteiger partial charge in [-0.15, -0.1) is 10.2 Å². The van der Waals surface area contributed by atoms with Crippen molar-refractivity contribution in [2.45, 2.75) is 13.5 Å². The van der Waals surface area contributed by atoms with Crippen molar-refractivity contribution in [2.75, 3.05) is 17.7 Å². The molecule has 0 aliphatic rings. The van der Waals surface area contributed by atoms with Gasteiger partial charge in [-0.3, -0.25) is 4.79 Å². The first-order chi connectivity index (χ1) is 13.0. The Balaban J connectivity index is 1.58. The number of anilines is 2. The van der Waals surface area contributed by atoms with Crippen LogP contribution in [0.5, 0.6) is 5.75 Å². The van der Waals surface area contributed by atoms with E-state index in [1.807, 2.05) is 37.3 Å². The second kappa shape index (κ2) is 8.51. The number of methoxy groups -OCH3 is 1. The molecule has 0 unspecified atom stereocenters. The van der Waals surface area contributed by atoms with Gasteiger partial charge in [-0.1, -0.05) is 29.8 Å². The second-order valence-corrected chi connectivity index (χ2v) is 6.33. The van der Waals surface area contributed by atoms with Crippen LogP contribution in [0, 0.1) is 6.92 Å². The zero-order valence-electron chi connectivity index (χ0n) is 15.0. The number of ether oxygens (including phenoxy) is 1. The number of aromatic nitrogens is 2. The molecule has 1 amide bonds. The number of carbonyl (C=O) groups is 1. The molecule has 7 heteroatoms. The van der Waals surface area contributed by atoms with Crippen LogP contribution in [0.4, 0.5) is 11.5 Å². The van der Waals surface area contributed by atoms with E-state index in [0.717, 1.165) is 16.9 Å². The van der Waals surface area contributed by atoms with Crippen molar-refractivity contribution in [3.63, 3.8) is 0 Å². The highest BCUT2D eigenvalue weighted by molar-refractivity contribution is 6.31. The predicted molar refractivity (Wildman–Crippen MR) is 106 cm³/mol. The minimum absolute atomic E-state index is 0.224. The van der Waals surface area contributed by atoms with Gasteiger partial charge in [-0.2, -0.15) is 0 Å². The standard InChI is InChI=1S/C20H19ClN4O2/c1-13-3-6-15(11-17(13)21)23-20(26)18-9-10-19(25-24-18)22-12-14-4-7-16(27-2)8-5-14/h3-11H,12H2,1-2H3,(H,22,25)(H,23,26). The maximum absolute atomic E-state index is 12.3. The molecule has 0 fully saturated rings. The number of aryl methyl sites for hydroxylation is 1. The van der Waals surface area contributed by atoms with E-state index in [9.17, 15) is 4.79 Å². The first kappa shape index (κ1) is 18.7. The molecule has 0 aliphatic carbocycles. The van der Waals surface area contributed by atoms with Gasteiger partial charge in [0.1, 0.15) is 11.6 Å². The maximum Gasteiger partial charge on any atom is 0.276 e. The van der Waals surface area contributed by atoms with Gasteiger partial charge in [-0.25, -0.2) is 0 Å². The van der Waals surface area contributed by atoms with E-state index in [2.05, 4.69) is 20.8 Å². The molecule has 138 valence electrons. The van der Waals surface area contributed by atoms with Crippen LogP contribution in [0.15, 0.2) is 54.6 Å². The van der Waals surface area contributed by atoms with Gasteiger partial charge >= 0.3 is 0 Å². The van der Waals surface area contributed by atoms with Gasteiger partial charge in [0.05, 0.1) is 7.11 Å². The molecule has 27 heavy (non-hydrogen) atoms. The summed E-state index contributed by atoms with van der Waals surface area (Å²) >= 11 is 6.07. The summed E-state index contributed by atoms with van der Waals surface area (Å²) in [6, 6.07) is 16.4. The average molecular weight is 383 g/mol. The molecule has 0 bridgehead atoms. The van der Waals surface area contributed by atoms with Gasteiger partial charge in [0.15, 0.2) is 5.69 Å². The molecule has 2 N–H and O–H groups in total. The molecule has 3 aromatic rings. The summed E-state index contributed by atoms with van der Waals surface area (Å²) in [4.78, 5) is 12.3. The van der Waals surface area contributed by atoms with Crippen molar-refractivity contribution >= 4 is 29.0 Å². The highest BCUT2D eigenvalue weighted by atomic mass is 35.5. The van der Waals surface area contributed by atoms with Crippen LogP contribution in [0.1, 0.15) is 21.6 Å². The minimum Gasteiger partial charge on any atom is -0.497 e. The molecule has 1 aromatic heterocycles. The van der Waals surface area contributed by atoms with Crippen molar-refractivity contribution in [2.24, 2.45) is 0 Å². The number of nitrogens with zero attached hydrogens (tertiary/aromatic N) is 2. The quantitative estimate of drug-likeness (QED) is 0.664. The van der Waals surface area contributed by atoms with Crippen molar-refractivity contribution in [3.05, 3.63) is 76.4 Å². The first-order valence-electron chi connectivity index (χ1n) is 8.33. The number of hydrogen-bond donors (Lipinski definition) is 2. The Hall–Kier alpha value is -3.12. The monoisotopic (exact) mass is 382 g/mol. The van der Waals surface area contributed by atoms with E-state index in [1.165, 1.54) is 0 Å².